The minimum Gasteiger partial charge on any atom is -0.492 e. The van der Waals surface area contributed by atoms with Crippen LogP contribution in [0, 0.1) is 17.2 Å². The SMILES string of the molecule is CCOc1cc(-c2cnn(C3CCN(C(=O)C4CN(C(=O)OC(C)(C)C)C4)CC3)c2)cn2ncc(C#N)c12. The minimum absolute atomic E-state index is 0.108. The lowest BCUT2D eigenvalue weighted by Gasteiger charge is -2.42. The van der Waals surface area contributed by atoms with E-state index in [1.807, 2.05) is 61.9 Å². The Morgan fingerprint density at radius 2 is 1.82 bits per heavy atom. The van der Waals surface area contributed by atoms with Gasteiger partial charge < -0.3 is 19.3 Å². The van der Waals surface area contributed by atoms with Gasteiger partial charge in [0.1, 0.15) is 28.5 Å². The van der Waals surface area contributed by atoms with Gasteiger partial charge in [-0.05, 0) is 46.6 Å². The van der Waals surface area contributed by atoms with Crippen LogP contribution in [0.15, 0.2) is 30.9 Å². The van der Waals surface area contributed by atoms with E-state index in [4.69, 9.17) is 9.47 Å². The average Bonchev–Trinajstić information content (AvgIpc) is 3.50. The topological polar surface area (TPSA) is 118 Å². The predicted octanol–water partition coefficient (Wildman–Crippen LogP) is 3.50. The number of rotatable bonds is 5. The number of carbonyl (C=O) groups excluding carboxylic acids is 2. The van der Waals surface area contributed by atoms with E-state index in [0.717, 1.165) is 24.0 Å². The highest BCUT2D eigenvalue weighted by molar-refractivity contribution is 5.83. The molecule has 0 spiro atoms. The fraction of sp³-hybridized carbons (Fsp3) is 0.519. The van der Waals surface area contributed by atoms with Crippen LogP contribution >= 0.6 is 0 Å². The van der Waals surface area contributed by atoms with Crippen LogP contribution in [0.4, 0.5) is 4.79 Å². The van der Waals surface area contributed by atoms with Crippen LogP contribution in [0.2, 0.25) is 0 Å². The van der Waals surface area contributed by atoms with Crippen LogP contribution in [-0.4, -0.2) is 79.6 Å². The van der Waals surface area contributed by atoms with Gasteiger partial charge in [-0.3, -0.25) is 9.48 Å². The van der Waals surface area contributed by atoms with E-state index < -0.39 is 5.60 Å². The predicted molar refractivity (Wildman–Crippen MR) is 138 cm³/mol. The Kier molecular flexibility index (Phi) is 6.73. The molecule has 3 aromatic rings. The number of piperidine rings is 1. The molecule has 11 nitrogen and oxygen atoms in total. The Bertz CT molecular complexity index is 1380. The number of fused-ring (bicyclic) bond motifs is 1. The lowest BCUT2D eigenvalue weighted by Crippen LogP contribution is -2.58. The molecule has 38 heavy (non-hydrogen) atoms. The van der Waals surface area contributed by atoms with E-state index in [9.17, 15) is 14.9 Å². The minimum atomic E-state index is -0.543. The second-order valence-corrected chi connectivity index (χ2v) is 10.8. The molecule has 2 saturated heterocycles. The zero-order valence-electron chi connectivity index (χ0n) is 22.3. The third-order valence-corrected chi connectivity index (χ3v) is 6.96. The van der Waals surface area contributed by atoms with Gasteiger partial charge in [0.05, 0.1) is 31.0 Å². The first kappa shape index (κ1) is 25.6. The Labute approximate surface area is 221 Å². The molecule has 0 atom stereocenters. The summed E-state index contributed by atoms with van der Waals surface area (Å²) in [7, 11) is 0. The summed E-state index contributed by atoms with van der Waals surface area (Å²) in [6.07, 6.45) is 8.51. The van der Waals surface area contributed by atoms with E-state index in [2.05, 4.69) is 16.3 Å². The third-order valence-electron chi connectivity index (χ3n) is 6.96. The van der Waals surface area contributed by atoms with Crippen molar-refractivity contribution in [2.75, 3.05) is 32.8 Å². The van der Waals surface area contributed by atoms with Crippen LogP contribution in [0.3, 0.4) is 0 Å². The van der Waals surface area contributed by atoms with Crippen molar-refractivity contribution in [1.82, 2.24) is 29.2 Å². The van der Waals surface area contributed by atoms with Crippen LogP contribution < -0.4 is 4.74 Å². The van der Waals surface area contributed by atoms with Crippen LogP contribution in [0.1, 0.15) is 52.1 Å². The van der Waals surface area contributed by atoms with E-state index >= 15 is 0 Å². The number of ether oxygens (including phenoxy) is 2. The van der Waals surface area contributed by atoms with Crippen LogP contribution in [0.5, 0.6) is 5.75 Å². The highest BCUT2D eigenvalue weighted by atomic mass is 16.6. The number of aromatic nitrogens is 4. The van der Waals surface area contributed by atoms with Gasteiger partial charge in [0.25, 0.3) is 0 Å². The molecule has 0 radical (unpaired) electrons. The summed E-state index contributed by atoms with van der Waals surface area (Å²) in [6, 6.07) is 4.28. The zero-order valence-corrected chi connectivity index (χ0v) is 22.3. The quantitative estimate of drug-likeness (QED) is 0.506. The molecule has 0 saturated carbocycles. The molecule has 0 aromatic carbocycles. The maximum atomic E-state index is 13.0. The molecular formula is C27H33N7O4. The Balaban J connectivity index is 1.19. The van der Waals surface area contributed by atoms with E-state index in [-0.39, 0.29) is 24.0 Å². The van der Waals surface area contributed by atoms with Crippen molar-refractivity contribution in [3.05, 3.63) is 36.4 Å². The first-order valence-electron chi connectivity index (χ1n) is 13.0. The maximum Gasteiger partial charge on any atom is 0.410 e. The number of hydrogen-bond donors (Lipinski definition) is 0. The van der Waals surface area contributed by atoms with Crippen molar-refractivity contribution >= 4 is 17.5 Å². The van der Waals surface area contributed by atoms with Gasteiger partial charge in [0.2, 0.25) is 5.91 Å². The van der Waals surface area contributed by atoms with Gasteiger partial charge in [-0.1, -0.05) is 0 Å². The van der Waals surface area contributed by atoms with Crippen LogP contribution in [-0.2, 0) is 9.53 Å². The average molecular weight is 520 g/mol. The summed E-state index contributed by atoms with van der Waals surface area (Å²) in [5, 5.41) is 18.3. The highest BCUT2D eigenvalue weighted by Gasteiger charge is 2.40. The molecule has 2 aliphatic rings. The fourth-order valence-electron chi connectivity index (χ4n) is 5.00. The fourth-order valence-corrected chi connectivity index (χ4v) is 5.00. The highest BCUT2D eigenvalue weighted by Crippen LogP contribution is 2.32. The Morgan fingerprint density at radius 3 is 2.47 bits per heavy atom. The molecule has 0 N–H and O–H groups in total. The first-order valence-corrected chi connectivity index (χ1v) is 13.0. The van der Waals surface area contributed by atoms with Gasteiger partial charge >= 0.3 is 6.09 Å². The van der Waals surface area contributed by atoms with Crippen molar-refractivity contribution in [3.8, 4) is 22.9 Å². The number of hydrogen-bond acceptors (Lipinski definition) is 7. The zero-order chi connectivity index (χ0) is 27.0. The number of nitrogens with zero attached hydrogens (tertiary/aromatic N) is 7. The van der Waals surface area contributed by atoms with Crippen molar-refractivity contribution in [2.24, 2.45) is 5.92 Å². The molecule has 0 aliphatic carbocycles. The van der Waals surface area contributed by atoms with Crippen molar-refractivity contribution < 1.29 is 19.1 Å². The monoisotopic (exact) mass is 519 g/mol. The molecule has 5 heterocycles. The van der Waals surface area contributed by atoms with Gasteiger partial charge in [0.15, 0.2) is 0 Å². The van der Waals surface area contributed by atoms with Gasteiger partial charge in [-0.25, -0.2) is 9.31 Å². The summed E-state index contributed by atoms with van der Waals surface area (Å²) in [6.45, 7) is 10.0. The van der Waals surface area contributed by atoms with E-state index in [1.165, 1.54) is 0 Å². The van der Waals surface area contributed by atoms with E-state index in [0.29, 0.717) is 49.6 Å². The number of amides is 2. The molecule has 3 aromatic heterocycles. The molecular weight excluding hydrogens is 486 g/mol. The van der Waals surface area contributed by atoms with Gasteiger partial charge in [-0.15, -0.1) is 0 Å². The molecule has 200 valence electrons. The van der Waals surface area contributed by atoms with Gasteiger partial charge in [0, 0.05) is 49.7 Å². The van der Waals surface area contributed by atoms with Crippen LogP contribution in [0.25, 0.3) is 16.6 Å². The summed E-state index contributed by atoms with van der Waals surface area (Å²) in [5.41, 5.74) is 2.41. The standard InChI is InChI=1S/C27H33N7O4/c1-5-37-23-10-18(16-34-24(23)19(11-28)12-30-34)20-13-29-33(17-20)22-6-8-31(9-7-22)25(35)21-14-32(15-21)26(36)38-27(2,3)4/h10,12-13,16-17,21-22H,5-9,14-15H2,1-4H3. The molecule has 2 fully saturated rings. The second kappa shape index (κ2) is 10.0. The summed E-state index contributed by atoms with van der Waals surface area (Å²) in [5.74, 6) is 0.561. The molecule has 2 aliphatic heterocycles. The van der Waals surface area contributed by atoms with E-state index in [1.54, 1.807) is 15.6 Å². The molecule has 11 heteroatoms. The molecule has 0 bridgehead atoms. The lowest BCUT2D eigenvalue weighted by molar-refractivity contribution is -0.141. The smallest absolute Gasteiger partial charge is 0.410 e. The number of carbonyl (C=O) groups is 2. The number of nitriles is 1. The number of pyridine rings is 1. The molecule has 0 unspecified atom stereocenters. The van der Waals surface area contributed by atoms with Crippen molar-refractivity contribution in [3.63, 3.8) is 0 Å². The summed E-state index contributed by atoms with van der Waals surface area (Å²) >= 11 is 0. The van der Waals surface area contributed by atoms with Crippen molar-refractivity contribution in [1.29, 1.82) is 5.26 Å². The molecule has 5 rings (SSSR count). The molecule has 2 amide bonds. The normalized spacial score (nSPS) is 16.8. The lowest BCUT2D eigenvalue weighted by atomic mass is 9.96. The largest absolute Gasteiger partial charge is 0.492 e. The third kappa shape index (κ3) is 5.03. The first-order chi connectivity index (χ1) is 18.2. The van der Waals surface area contributed by atoms with Crippen molar-refractivity contribution in [2.45, 2.75) is 52.2 Å². The summed E-state index contributed by atoms with van der Waals surface area (Å²) in [4.78, 5) is 28.6. The summed E-state index contributed by atoms with van der Waals surface area (Å²) < 4.78 is 14.8. The Hall–Kier alpha value is -4.07. The number of likely N-dealkylation sites (tertiary alicyclic amines) is 2. The van der Waals surface area contributed by atoms with Gasteiger partial charge in [-0.2, -0.15) is 15.5 Å². The Morgan fingerprint density at radius 1 is 1.08 bits per heavy atom. The second-order valence-electron chi connectivity index (χ2n) is 10.8. The maximum absolute atomic E-state index is 13.0.